The maximum atomic E-state index is 11.7. The molecule has 108 valence electrons. The molecule has 1 aromatic heterocycles. The van der Waals surface area contributed by atoms with E-state index in [0.29, 0.717) is 17.1 Å². The highest BCUT2D eigenvalue weighted by Crippen LogP contribution is 2.29. The van der Waals surface area contributed by atoms with Crippen molar-refractivity contribution in [2.75, 3.05) is 14.2 Å². The molecule has 0 saturated heterocycles. The summed E-state index contributed by atoms with van der Waals surface area (Å²) in [5.74, 6) is 1.13. The number of aromatic nitrogens is 3. The van der Waals surface area contributed by atoms with Gasteiger partial charge >= 0.3 is 5.69 Å². The minimum absolute atomic E-state index is 0.0579. The van der Waals surface area contributed by atoms with Crippen molar-refractivity contribution in [3.05, 3.63) is 40.6 Å². The van der Waals surface area contributed by atoms with Gasteiger partial charge in [-0.15, -0.1) is 0 Å². The minimum atomic E-state index is -0.900. The molecule has 0 bridgehead atoms. The van der Waals surface area contributed by atoms with E-state index in [9.17, 15) is 9.90 Å². The van der Waals surface area contributed by atoms with Gasteiger partial charge in [0.2, 0.25) is 0 Å². The molecule has 0 saturated carbocycles. The van der Waals surface area contributed by atoms with Gasteiger partial charge in [-0.25, -0.2) is 9.48 Å². The van der Waals surface area contributed by atoms with Crippen LogP contribution in [0.15, 0.2) is 29.3 Å². The smallest absolute Gasteiger partial charge is 0.345 e. The monoisotopic (exact) mass is 279 g/mol. The van der Waals surface area contributed by atoms with Crippen LogP contribution in [0.4, 0.5) is 0 Å². The molecule has 1 atom stereocenters. The molecule has 1 heterocycles. The zero-order valence-corrected chi connectivity index (χ0v) is 11.6. The predicted molar refractivity (Wildman–Crippen MR) is 72.0 cm³/mol. The normalized spacial score (nSPS) is 12.2. The summed E-state index contributed by atoms with van der Waals surface area (Å²) in [5.41, 5.74) is 0.294. The maximum absolute atomic E-state index is 11.7. The zero-order valence-electron chi connectivity index (χ0n) is 11.6. The van der Waals surface area contributed by atoms with Gasteiger partial charge in [-0.05, 0) is 12.1 Å². The number of rotatable bonds is 5. The molecule has 7 heteroatoms. The first-order chi connectivity index (χ1) is 9.56. The van der Waals surface area contributed by atoms with Crippen molar-refractivity contribution in [3.63, 3.8) is 0 Å². The Kier molecular flexibility index (Phi) is 4.09. The fourth-order valence-corrected chi connectivity index (χ4v) is 1.90. The van der Waals surface area contributed by atoms with Gasteiger partial charge in [0.05, 0.1) is 20.8 Å². The predicted octanol–water partition coefficient (Wildman–Crippen LogP) is 0.333. The number of nitrogens with zero attached hydrogens (tertiary/aromatic N) is 3. The van der Waals surface area contributed by atoms with E-state index in [1.807, 2.05) is 0 Å². The second-order valence-electron chi connectivity index (χ2n) is 4.33. The summed E-state index contributed by atoms with van der Waals surface area (Å²) in [7, 11) is 4.67. The van der Waals surface area contributed by atoms with Gasteiger partial charge in [-0.1, -0.05) is 0 Å². The molecule has 20 heavy (non-hydrogen) atoms. The number of methoxy groups -OCH3 is 2. The Labute approximate surface area is 116 Å². The quantitative estimate of drug-likeness (QED) is 0.853. The molecule has 0 aliphatic carbocycles. The zero-order chi connectivity index (χ0) is 14.7. The standard InChI is InChI=1S/C13H17N3O4/c1-15-8-14-16(13(15)18)7-11(17)10-5-4-9(19-2)6-12(10)20-3/h4-6,8,11,17H,7H2,1-3H3. The Morgan fingerprint density at radius 3 is 2.65 bits per heavy atom. The van der Waals surface area contributed by atoms with Gasteiger partial charge in [0.1, 0.15) is 23.9 Å². The number of aryl methyl sites for hydroxylation is 1. The molecule has 1 aromatic carbocycles. The van der Waals surface area contributed by atoms with E-state index in [2.05, 4.69) is 5.10 Å². The fraction of sp³-hybridized carbons (Fsp3) is 0.385. The van der Waals surface area contributed by atoms with Crippen molar-refractivity contribution in [1.29, 1.82) is 0 Å². The average Bonchev–Trinajstić information content (AvgIpc) is 2.78. The van der Waals surface area contributed by atoms with Crippen molar-refractivity contribution in [2.45, 2.75) is 12.6 Å². The molecule has 7 nitrogen and oxygen atoms in total. The van der Waals surface area contributed by atoms with Gasteiger partial charge in [0.25, 0.3) is 0 Å². The van der Waals surface area contributed by atoms with E-state index in [-0.39, 0.29) is 12.2 Å². The van der Waals surface area contributed by atoms with Gasteiger partial charge in [-0.3, -0.25) is 4.57 Å². The molecule has 2 rings (SSSR count). The molecular weight excluding hydrogens is 262 g/mol. The number of aliphatic hydroxyl groups is 1. The van der Waals surface area contributed by atoms with Crippen molar-refractivity contribution < 1.29 is 14.6 Å². The minimum Gasteiger partial charge on any atom is -0.497 e. The summed E-state index contributed by atoms with van der Waals surface area (Å²) in [6, 6.07) is 5.11. The van der Waals surface area contributed by atoms with E-state index in [1.54, 1.807) is 32.4 Å². The third-order valence-electron chi connectivity index (χ3n) is 3.03. The highest BCUT2D eigenvalue weighted by atomic mass is 16.5. The molecule has 0 amide bonds. The van der Waals surface area contributed by atoms with Crippen LogP contribution in [-0.2, 0) is 13.6 Å². The molecule has 0 aliphatic rings. The van der Waals surface area contributed by atoms with Crippen LogP contribution < -0.4 is 15.2 Å². The van der Waals surface area contributed by atoms with Crippen molar-refractivity contribution in [3.8, 4) is 11.5 Å². The lowest BCUT2D eigenvalue weighted by Gasteiger charge is -2.15. The van der Waals surface area contributed by atoms with Crippen LogP contribution in [0.5, 0.6) is 11.5 Å². The first kappa shape index (κ1) is 14.1. The first-order valence-electron chi connectivity index (χ1n) is 6.05. The number of hydrogen-bond acceptors (Lipinski definition) is 5. The van der Waals surface area contributed by atoms with Crippen LogP contribution in [0.2, 0.25) is 0 Å². The van der Waals surface area contributed by atoms with E-state index in [4.69, 9.17) is 9.47 Å². The topological polar surface area (TPSA) is 78.5 Å². The van der Waals surface area contributed by atoms with E-state index in [0.717, 1.165) is 0 Å². The van der Waals surface area contributed by atoms with Crippen LogP contribution in [0.3, 0.4) is 0 Å². The van der Waals surface area contributed by atoms with Crippen molar-refractivity contribution >= 4 is 0 Å². The fourth-order valence-electron chi connectivity index (χ4n) is 1.90. The summed E-state index contributed by atoms with van der Waals surface area (Å²) in [6.45, 7) is 0.0579. The third kappa shape index (κ3) is 2.67. The van der Waals surface area contributed by atoms with Gasteiger partial charge in [0, 0.05) is 18.7 Å². The number of hydrogen-bond donors (Lipinski definition) is 1. The maximum Gasteiger partial charge on any atom is 0.345 e. The number of benzene rings is 1. The van der Waals surface area contributed by atoms with Crippen molar-refractivity contribution in [1.82, 2.24) is 14.3 Å². The second kappa shape index (κ2) is 5.79. The number of ether oxygens (including phenoxy) is 2. The molecule has 0 spiro atoms. The van der Waals surface area contributed by atoms with Crippen LogP contribution in [0, 0.1) is 0 Å². The van der Waals surface area contributed by atoms with Crippen LogP contribution in [0.25, 0.3) is 0 Å². The highest BCUT2D eigenvalue weighted by Gasteiger charge is 2.16. The van der Waals surface area contributed by atoms with E-state index >= 15 is 0 Å². The van der Waals surface area contributed by atoms with Crippen molar-refractivity contribution in [2.24, 2.45) is 7.05 Å². The number of aliphatic hydroxyl groups excluding tert-OH is 1. The SMILES string of the molecule is COc1ccc(C(O)Cn2ncn(C)c2=O)c(OC)c1. The Balaban J connectivity index is 2.27. The lowest BCUT2D eigenvalue weighted by molar-refractivity contribution is 0.146. The lowest BCUT2D eigenvalue weighted by Crippen LogP contribution is -2.25. The second-order valence-corrected chi connectivity index (χ2v) is 4.33. The highest BCUT2D eigenvalue weighted by molar-refractivity contribution is 5.41. The molecule has 0 radical (unpaired) electrons. The Morgan fingerprint density at radius 2 is 2.10 bits per heavy atom. The van der Waals surface area contributed by atoms with E-state index in [1.165, 1.54) is 22.7 Å². The summed E-state index contributed by atoms with van der Waals surface area (Å²) in [4.78, 5) is 11.7. The Bertz CT molecular complexity index is 647. The molecular formula is C13H17N3O4. The Morgan fingerprint density at radius 1 is 1.35 bits per heavy atom. The van der Waals surface area contributed by atoms with Crippen LogP contribution in [-0.4, -0.2) is 33.7 Å². The molecule has 0 aliphatic heterocycles. The van der Waals surface area contributed by atoms with Gasteiger partial charge < -0.3 is 14.6 Å². The summed E-state index contributed by atoms with van der Waals surface area (Å²) in [6.07, 6.45) is 0.504. The lowest BCUT2D eigenvalue weighted by atomic mass is 10.1. The van der Waals surface area contributed by atoms with E-state index < -0.39 is 6.10 Å². The largest absolute Gasteiger partial charge is 0.497 e. The summed E-state index contributed by atoms with van der Waals surface area (Å²) < 4.78 is 12.9. The molecule has 1 N–H and O–H groups in total. The first-order valence-corrected chi connectivity index (χ1v) is 6.05. The molecule has 1 unspecified atom stereocenters. The molecule has 2 aromatic rings. The molecule has 0 fully saturated rings. The average molecular weight is 279 g/mol. The van der Waals surface area contributed by atoms with Crippen LogP contribution >= 0.6 is 0 Å². The van der Waals surface area contributed by atoms with Gasteiger partial charge in [-0.2, -0.15) is 5.10 Å². The van der Waals surface area contributed by atoms with Crippen LogP contribution in [0.1, 0.15) is 11.7 Å². The summed E-state index contributed by atoms with van der Waals surface area (Å²) in [5, 5.41) is 14.2. The van der Waals surface area contributed by atoms with Gasteiger partial charge in [0.15, 0.2) is 0 Å². The third-order valence-corrected chi connectivity index (χ3v) is 3.03. The summed E-state index contributed by atoms with van der Waals surface area (Å²) >= 11 is 0. The Hall–Kier alpha value is -2.28.